The maximum Gasteiger partial charge on any atom is 0.192 e. The molecule has 0 saturated heterocycles. The number of hydrogen-bond donors (Lipinski definition) is 3. The van der Waals surface area contributed by atoms with Gasteiger partial charge in [-0.05, 0) is 18.6 Å². The number of aliphatic hydroxyl groups excluding tert-OH is 2. The monoisotopic (exact) mass is 340 g/mol. The Balaban J connectivity index is 1.96. The quantitative estimate of drug-likeness (QED) is 0.422. The van der Waals surface area contributed by atoms with E-state index in [-0.39, 0.29) is 0 Å². The zero-order valence-corrected chi connectivity index (χ0v) is 15.3. The third-order valence-corrected chi connectivity index (χ3v) is 5.11. The van der Waals surface area contributed by atoms with Crippen molar-refractivity contribution in [1.82, 2.24) is 0 Å². The summed E-state index contributed by atoms with van der Waals surface area (Å²) in [7, 11) is 0. The van der Waals surface area contributed by atoms with Crippen LogP contribution in [-0.4, -0.2) is 38.9 Å². The van der Waals surface area contributed by atoms with E-state index in [1.165, 1.54) is 63.9 Å². The predicted molar refractivity (Wildman–Crippen MR) is 96.8 cm³/mol. The van der Waals surface area contributed by atoms with Gasteiger partial charge in [-0.15, -0.1) is 0 Å². The highest BCUT2D eigenvalue weighted by atomic mass is 16.4. The van der Waals surface area contributed by atoms with Crippen molar-refractivity contribution in [2.75, 3.05) is 0 Å². The lowest BCUT2D eigenvalue weighted by atomic mass is 9.87. The molecule has 0 unspecified atom stereocenters. The fourth-order valence-corrected chi connectivity index (χ4v) is 3.36. The molecule has 0 aromatic heterocycles. The lowest BCUT2D eigenvalue weighted by Gasteiger charge is -2.30. The highest BCUT2D eigenvalue weighted by Crippen LogP contribution is 2.27. The van der Waals surface area contributed by atoms with Gasteiger partial charge in [-0.3, -0.25) is 4.79 Å². The molecule has 1 aliphatic rings. The van der Waals surface area contributed by atoms with Gasteiger partial charge in [0, 0.05) is 0 Å². The number of rotatable bonds is 14. The first-order valence-electron chi connectivity index (χ1n) is 9.84. The summed E-state index contributed by atoms with van der Waals surface area (Å²) < 4.78 is 0. The van der Waals surface area contributed by atoms with Gasteiger partial charge < -0.3 is 15.3 Å². The van der Waals surface area contributed by atoms with Gasteiger partial charge in [-0.25, -0.2) is 0 Å². The molecule has 3 atom stereocenters. The van der Waals surface area contributed by atoms with Gasteiger partial charge in [0.25, 0.3) is 0 Å². The van der Waals surface area contributed by atoms with E-state index < -0.39 is 23.6 Å². The van der Waals surface area contributed by atoms with Crippen LogP contribution in [-0.2, 0) is 4.79 Å². The lowest BCUT2D eigenvalue weighted by Crippen LogP contribution is -2.54. The van der Waals surface area contributed by atoms with Crippen molar-refractivity contribution in [2.24, 2.45) is 0 Å². The van der Waals surface area contributed by atoms with Crippen LogP contribution in [0.1, 0.15) is 90.4 Å². The fourth-order valence-electron chi connectivity index (χ4n) is 3.36. The standard InChI is InChI=1S/C20H36O4/c1-2-3-4-5-6-7-8-9-10-11-12-13-14-17(21)20(24)18(22)15-16-19(20)23/h15-18,21-22,24H,2-14H2,1H3/t17-,18-,20-/m0/s1. The molecule has 0 radical (unpaired) electrons. The van der Waals surface area contributed by atoms with Gasteiger partial charge >= 0.3 is 0 Å². The Labute approximate surface area is 147 Å². The van der Waals surface area contributed by atoms with E-state index in [0.29, 0.717) is 6.42 Å². The van der Waals surface area contributed by atoms with Crippen molar-refractivity contribution in [1.29, 1.82) is 0 Å². The van der Waals surface area contributed by atoms with Gasteiger partial charge in [-0.2, -0.15) is 0 Å². The first-order chi connectivity index (χ1) is 11.5. The average Bonchev–Trinajstić information content (AvgIpc) is 2.84. The third kappa shape index (κ3) is 6.66. The van der Waals surface area contributed by atoms with E-state index in [9.17, 15) is 20.1 Å². The lowest BCUT2D eigenvalue weighted by molar-refractivity contribution is -0.158. The molecule has 0 heterocycles. The van der Waals surface area contributed by atoms with Crippen LogP contribution in [0.25, 0.3) is 0 Å². The van der Waals surface area contributed by atoms with E-state index in [2.05, 4.69) is 6.92 Å². The summed E-state index contributed by atoms with van der Waals surface area (Å²) in [6.45, 7) is 2.24. The number of ketones is 1. The normalized spacial score (nSPS) is 24.7. The number of unbranched alkanes of at least 4 members (excludes halogenated alkanes) is 11. The molecular formula is C20H36O4. The molecule has 1 aliphatic carbocycles. The van der Waals surface area contributed by atoms with E-state index in [1.54, 1.807) is 0 Å². The Kier molecular flexibility index (Phi) is 10.5. The number of carbonyl (C=O) groups excluding carboxylic acids is 1. The molecule has 0 aromatic carbocycles. The van der Waals surface area contributed by atoms with Crippen LogP contribution in [0, 0.1) is 0 Å². The summed E-state index contributed by atoms with van der Waals surface area (Å²) in [4.78, 5) is 11.6. The second-order valence-corrected chi connectivity index (χ2v) is 7.19. The predicted octanol–water partition coefficient (Wildman–Crippen LogP) is 3.67. The van der Waals surface area contributed by atoms with E-state index in [4.69, 9.17) is 0 Å². The van der Waals surface area contributed by atoms with Crippen LogP contribution in [0.2, 0.25) is 0 Å². The molecule has 0 aromatic rings. The second-order valence-electron chi connectivity index (χ2n) is 7.19. The first-order valence-corrected chi connectivity index (χ1v) is 9.84. The van der Waals surface area contributed by atoms with Crippen LogP contribution in [0.4, 0.5) is 0 Å². The number of carbonyl (C=O) groups is 1. The van der Waals surface area contributed by atoms with Crippen LogP contribution < -0.4 is 0 Å². The molecular weight excluding hydrogens is 304 g/mol. The average molecular weight is 341 g/mol. The largest absolute Gasteiger partial charge is 0.390 e. The molecule has 0 spiro atoms. The molecule has 0 bridgehead atoms. The van der Waals surface area contributed by atoms with Gasteiger partial charge in [-0.1, -0.05) is 84.0 Å². The van der Waals surface area contributed by atoms with Crippen LogP contribution in [0.5, 0.6) is 0 Å². The molecule has 3 N–H and O–H groups in total. The van der Waals surface area contributed by atoms with Crippen molar-refractivity contribution in [3.8, 4) is 0 Å². The smallest absolute Gasteiger partial charge is 0.192 e. The van der Waals surface area contributed by atoms with Crippen molar-refractivity contribution in [3.05, 3.63) is 12.2 Å². The van der Waals surface area contributed by atoms with Crippen LogP contribution >= 0.6 is 0 Å². The second kappa shape index (κ2) is 11.8. The molecule has 0 saturated carbocycles. The summed E-state index contributed by atoms with van der Waals surface area (Å²) >= 11 is 0. The van der Waals surface area contributed by atoms with Gasteiger partial charge in [0.2, 0.25) is 0 Å². The number of aliphatic hydroxyl groups is 3. The summed E-state index contributed by atoms with van der Waals surface area (Å²) in [6, 6.07) is 0. The fraction of sp³-hybridized carbons (Fsp3) is 0.850. The minimum absolute atomic E-state index is 0.346. The van der Waals surface area contributed by atoms with Crippen molar-refractivity contribution in [3.63, 3.8) is 0 Å². The summed E-state index contributed by atoms with van der Waals surface area (Å²) in [5.41, 5.74) is -2.03. The molecule has 24 heavy (non-hydrogen) atoms. The SMILES string of the molecule is CCCCCCCCCCCCCC[C@H](O)[C@@]1(O)C(=O)C=C[C@@H]1O. The van der Waals surface area contributed by atoms with Crippen molar-refractivity contribution in [2.45, 2.75) is 108 Å². The van der Waals surface area contributed by atoms with Crippen LogP contribution in [0.15, 0.2) is 12.2 Å². The van der Waals surface area contributed by atoms with E-state index >= 15 is 0 Å². The van der Waals surface area contributed by atoms with Crippen LogP contribution in [0.3, 0.4) is 0 Å². The first kappa shape index (κ1) is 21.3. The Hall–Kier alpha value is -0.710. The molecule has 0 aliphatic heterocycles. The zero-order chi connectivity index (χ0) is 17.8. The van der Waals surface area contributed by atoms with Crippen molar-refractivity contribution >= 4 is 5.78 Å². The molecule has 140 valence electrons. The molecule has 1 rings (SSSR count). The van der Waals surface area contributed by atoms with Gasteiger partial charge in [0.1, 0.15) is 6.10 Å². The highest BCUT2D eigenvalue weighted by molar-refractivity contribution is 6.00. The molecule has 0 fully saturated rings. The molecule has 4 nitrogen and oxygen atoms in total. The Morgan fingerprint density at radius 3 is 1.83 bits per heavy atom. The summed E-state index contributed by atoms with van der Waals surface area (Å²) in [6.07, 6.45) is 15.0. The minimum Gasteiger partial charge on any atom is -0.390 e. The van der Waals surface area contributed by atoms with Gasteiger partial charge in [0.05, 0.1) is 6.10 Å². The summed E-state index contributed by atoms with van der Waals surface area (Å²) in [5.74, 6) is -0.596. The Morgan fingerprint density at radius 1 is 0.958 bits per heavy atom. The zero-order valence-electron chi connectivity index (χ0n) is 15.3. The molecule has 4 heteroatoms. The Morgan fingerprint density at radius 2 is 1.42 bits per heavy atom. The Bertz CT molecular complexity index is 380. The van der Waals surface area contributed by atoms with E-state index in [1.807, 2.05) is 0 Å². The molecule has 0 amide bonds. The summed E-state index contributed by atoms with van der Waals surface area (Å²) in [5, 5.41) is 29.9. The van der Waals surface area contributed by atoms with Crippen molar-refractivity contribution < 1.29 is 20.1 Å². The maximum atomic E-state index is 11.6. The minimum atomic E-state index is -2.03. The topological polar surface area (TPSA) is 77.8 Å². The van der Waals surface area contributed by atoms with E-state index in [0.717, 1.165) is 25.3 Å². The third-order valence-electron chi connectivity index (χ3n) is 5.11. The number of hydrogen-bond acceptors (Lipinski definition) is 4. The maximum absolute atomic E-state index is 11.6. The highest BCUT2D eigenvalue weighted by Gasteiger charge is 2.50. The van der Waals surface area contributed by atoms with Gasteiger partial charge in [0.15, 0.2) is 11.4 Å².